The third-order valence-corrected chi connectivity index (χ3v) is 1.95. The summed E-state index contributed by atoms with van der Waals surface area (Å²) in [6, 6.07) is 8.21. The summed E-state index contributed by atoms with van der Waals surface area (Å²) in [5.74, 6) is -1.24. The van der Waals surface area contributed by atoms with Crippen molar-refractivity contribution in [3.05, 3.63) is 35.9 Å². The number of amides is 1. The van der Waals surface area contributed by atoms with Crippen molar-refractivity contribution in [1.29, 1.82) is 0 Å². The van der Waals surface area contributed by atoms with Gasteiger partial charge in [-0.2, -0.15) is 0 Å². The normalized spacial score (nSPS) is 11.8. The van der Waals surface area contributed by atoms with Crippen LogP contribution in [0.1, 0.15) is 12.0 Å². The summed E-state index contributed by atoms with van der Waals surface area (Å²) in [4.78, 5) is 21.8. The third-order valence-electron chi connectivity index (χ3n) is 1.95. The van der Waals surface area contributed by atoms with Gasteiger partial charge >= 0.3 is 5.97 Å². The first-order chi connectivity index (χ1) is 7.59. The van der Waals surface area contributed by atoms with Crippen LogP contribution in [-0.2, 0) is 20.9 Å². The first kappa shape index (κ1) is 12.2. The lowest BCUT2D eigenvalue weighted by Crippen LogP contribution is -2.36. The lowest BCUT2D eigenvalue weighted by Gasteiger charge is -2.09. The average molecular weight is 222 g/mol. The van der Waals surface area contributed by atoms with E-state index < -0.39 is 17.9 Å². The number of ether oxygens (including phenoxy) is 1. The smallest absolute Gasteiger partial charge is 0.323 e. The molecule has 16 heavy (non-hydrogen) atoms. The molecule has 1 amide bonds. The highest BCUT2D eigenvalue weighted by Gasteiger charge is 2.17. The Morgan fingerprint density at radius 1 is 1.25 bits per heavy atom. The van der Waals surface area contributed by atoms with Crippen LogP contribution in [0.25, 0.3) is 0 Å². The van der Waals surface area contributed by atoms with Crippen molar-refractivity contribution >= 4 is 11.9 Å². The van der Waals surface area contributed by atoms with E-state index in [-0.39, 0.29) is 13.0 Å². The lowest BCUT2D eigenvalue weighted by molar-refractivity contribution is -0.147. The van der Waals surface area contributed by atoms with Gasteiger partial charge in [-0.15, -0.1) is 0 Å². The van der Waals surface area contributed by atoms with E-state index in [1.807, 2.05) is 30.3 Å². The predicted octanol–water partition coefficient (Wildman–Crippen LogP) is -0.0675. The molecule has 0 radical (unpaired) electrons. The Morgan fingerprint density at radius 3 is 2.44 bits per heavy atom. The number of esters is 1. The van der Waals surface area contributed by atoms with E-state index in [1.165, 1.54) is 0 Å². The number of primary amides is 1. The van der Waals surface area contributed by atoms with Crippen molar-refractivity contribution in [3.63, 3.8) is 0 Å². The van der Waals surface area contributed by atoms with E-state index in [2.05, 4.69) is 0 Å². The van der Waals surface area contributed by atoms with Crippen LogP contribution < -0.4 is 11.5 Å². The van der Waals surface area contributed by atoms with E-state index in [1.54, 1.807) is 0 Å². The van der Waals surface area contributed by atoms with Crippen molar-refractivity contribution in [2.45, 2.75) is 19.1 Å². The molecule has 1 aromatic carbocycles. The summed E-state index contributed by atoms with van der Waals surface area (Å²) < 4.78 is 4.92. The number of rotatable bonds is 5. The molecule has 0 aliphatic rings. The van der Waals surface area contributed by atoms with E-state index in [4.69, 9.17) is 16.2 Å². The van der Waals surface area contributed by atoms with Crippen LogP contribution in [0, 0.1) is 0 Å². The monoisotopic (exact) mass is 222 g/mol. The molecule has 0 saturated heterocycles. The quantitative estimate of drug-likeness (QED) is 0.682. The first-order valence-electron chi connectivity index (χ1n) is 4.84. The van der Waals surface area contributed by atoms with E-state index in [0.717, 1.165) is 5.56 Å². The summed E-state index contributed by atoms with van der Waals surface area (Å²) in [6.07, 6.45) is -0.201. The second-order valence-corrected chi connectivity index (χ2v) is 3.37. The van der Waals surface area contributed by atoms with E-state index in [9.17, 15) is 9.59 Å². The van der Waals surface area contributed by atoms with Crippen molar-refractivity contribution in [1.82, 2.24) is 0 Å². The summed E-state index contributed by atoms with van der Waals surface area (Å²) in [6.45, 7) is 0.145. The fraction of sp³-hybridized carbons (Fsp3) is 0.273. The summed E-state index contributed by atoms with van der Waals surface area (Å²) in [5, 5.41) is 0. The molecule has 0 spiro atoms. The van der Waals surface area contributed by atoms with Gasteiger partial charge in [-0.25, -0.2) is 0 Å². The second kappa shape index (κ2) is 5.87. The van der Waals surface area contributed by atoms with Crippen LogP contribution in [0.2, 0.25) is 0 Å². The number of hydrogen-bond acceptors (Lipinski definition) is 4. The highest BCUT2D eigenvalue weighted by atomic mass is 16.5. The van der Waals surface area contributed by atoms with Crippen molar-refractivity contribution in [2.75, 3.05) is 0 Å². The fourth-order valence-electron chi connectivity index (χ4n) is 1.14. The van der Waals surface area contributed by atoms with Crippen molar-refractivity contribution in [2.24, 2.45) is 11.5 Å². The van der Waals surface area contributed by atoms with Gasteiger partial charge < -0.3 is 16.2 Å². The van der Waals surface area contributed by atoms with Crippen molar-refractivity contribution in [3.8, 4) is 0 Å². The van der Waals surface area contributed by atoms with Crippen LogP contribution in [0.5, 0.6) is 0 Å². The number of carbonyl (C=O) groups excluding carboxylic acids is 2. The Bertz CT molecular complexity index is 365. The molecule has 5 heteroatoms. The van der Waals surface area contributed by atoms with Crippen LogP contribution >= 0.6 is 0 Å². The summed E-state index contributed by atoms with van der Waals surface area (Å²) >= 11 is 0. The molecule has 0 aliphatic heterocycles. The summed E-state index contributed by atoms with van der Waals surface area (Å²) in [7, 11) is 0. The molecule has 0 aromatic heterocycles. The number of carbonyl (C=O) groups is 2. The van der Waals surface area contributed by atoms with Gasteiger partial charge in [0.15, 0.2) is 0 Å². The number of hydrogen-bond donors (Lipinski definition) is 2. The van der Waals surface area contributed by atoms with E-state index >= 15 is 0 Å². The zero-order valence-electron chi connectivity index (χ0n) is 8.76. The molecule has 1 atom stereocenters. The van der Waals surface area contributed by atoms with Crippen LogP contribution in [0.3, 0.4) is 0 Å². The molecule has 1 rings (SSSR count). The molecule has 0 bridgehead atoms. The molecule has 4 N–H and O–H groups in total. The van der Waals surface area contributed by atoms with Gasteiger partial charge in [0.2, 0.25) is 5.91 Å². The minimum Gasteiger partial charge on any atom is -0.460 e. The van der Waals surface area contributed by atoms with Crippen LogP contribution in [0.4, 0.5) is 0 Å². The Balaban J connectivity index is 2.38. The molecule has 5 nitrogen and oxygen atoms in total. The largest absolute Gasteiger partial charge is 0.460 e. The fourth-order valence-corrected chi connectivity index (χ4v) is 1.14. The predicted molar refractivity (Wildman–Crippen MR) is 58.0 cm³/mol. The van der Waals surface area contributed by atoms with Gasteiger partial charge in [0.1, 0.15) is 12.6 Å². The molecule has 0 saturated carbocycles. The van der Waals surface area contributed by atoms with Crippen LogP contribution in [-0.4, -0.2) is 17.9 Å². The van der Waals surface area contributed by atoms with Gasteiger partial charge in [-0.3, -0.25) is 9.59 Å². The minimum atomic E-state index is -0.985. The number of nitrogens with two attached hydrogens (primary N) is 2. The molecule has 0 aliphatic carbocycles. The zero-order valence-corrected chi connectivity index (χ0v) is 8.76. The Labute approximate surface area is 93.4 Å². The molecule has 0 fully saturated rings. The van der Waals surface area contributed by atoms with Crippen LogP contribution in [0.15, 0.2) is 30.3 Å². The second-order valence-electron chi connectivity index (χ2n) is 3.37. The molecular formula is C11H14N2O3. The zero-order chi connectivity index (χ0) is 12.0. The standard InChI is InChI=1S/C11H14N2O3/c12-9(6-10(13)14)11(15)16-7-8-4-2-1-3-5-8/h1-5,9H,6-7,12H2,(H2,13,14). The maximum atomic E-state index is 11.3. The topological polar surface area (TPSA) is 95.4 Å². The Hall–Kier alpha value is -1.88. The SMILES string of the molecule is NC(=O)CC(N)C(=O)OCc1ccccc1. The summed E-state index contributed by atoms with van der Waals surface area (Å²) in [5.41, 5.74) is 11.2. The molecule has 1 aromatic rings. The van der Waals surface area contributed by atoms with E-state index in [0.29, 0.717) is 0 Å². The average Bonchev–Trinajstić information content (AvgIpc) is 2.26. The Kier molecular flexibility index (Phi) is 4.47. The highest BCUT2D eigenvalue weighted by molar-refractivity contribution is 5.84. The molecule has 86 valence electrons. The molecule has 1 unspecified atom stereocenters. The maximum absolute atomic E-state index is 11.3. The minimum absolute atomic E-state index is 0.145. The van der Waals surface area contributed by atoms with Gasteiger partial charge in [0, 0.05) is 0 Å². The molecular weight excluding hydrogens is 208 g/mol. The molecule has 0 heterocycles. The lowest BCUT2D eigenvalue weighted by atomic mass is 10.2. The Morgan fingerprint density at radius 2 is 1.88 bits per heavy atom. The highest BCUT2D eigenvalue weighted by Crippen LogP contribution is 2.02. The first-order valence-corrected chi connectivity index (χ1v) is 4.84. The number of benzene rings is 1. The van der Waals surface area contributed by atoms with Gasteiger partial charge in [0.25, 0.3) is 0 Å². The van der Waals surface area contributed by atoms with Gasteiger partial charge in [-0.05, 0) is 5.56 Å². The third kappa shape index (κ3) is 4.10. The van der Waals surface area contributed by atoms with Crippen molar-refractivity contribution < 1.29 is 14.3 Å². The van der Waals surface area contributed by atoms with Gasteiger partial charge in [-0.1, -0.05) is 30.3 Å². The van der Waals surface area contributed by atoms with Gasteiger partial charge in [0.05, 0.1) is 6.42 Å². The maximum Gasteiger partial charge on any atom is 0.323 e.